The fraction of sp³-hybridized carbons (Fsp3) is 0.250. The summed E-state index contributed by atoms with van der Waals surface area (Å²) < 4.78 is 0. The normalized spacial score (nSPS) is 14.0. The molecule has 1 aliphatic carbocycles. The Kier molecular flexibility index (Phi) is 3.01. The standard InChI is InChI=1S/C12H13N3O3/c13-10(16)7-3-8(11(14)17)5-9(4-7)15-12(18)6-1-2-6/h3-6H,1-2H2,(H2,13,16)(H2,14,17)(H,15,18). The maximum Gasteiger partial charge on any atom is 0.248 e. The Morgan fingerprint density at radius 2 is 1.50 bits per heavy atom. The molecule has 1 aromatic carbocycles. The first-order valence-corrected chi connectivity index (χ1v) is 5.53. The number of carbonyl (C=O) groups is 3. The molecule has 0 saturated heterocycles. The molecular formula is C12H13N3O3. The van der Waals surface area contributed by atoms with E-state index in [2.05, 4.69) is 5.32 Å². The number of nitrogens with one attached hydrogen (secondary N) is 1. The third-order valence-corrected chi connectivity index (χ3v) is 2.72. The van der Waals surface area contributed by atoms with Crippen LogP contribution >= 0.6 is 0 Å². The summed E-state index contributed by atoms with van der Waals surface area (Å²) in [6.07, 6.45) is 1.73. The number of primary amides is 2. The molecule has 6 nitrogen and oxygen atoms in total. The van der Waals surface area contributed by atoms with E-state index in [1.165, 1.54) is 18.2 Å². The number of benzene rings is 1. The molecule has 0 unspecified atom stereocenters. The van der Waals surface area contributed by atoms with Crippen LogP contribution in [-0.4, -0.2) is 17.7 Å². The number of hydrogen-bond acceptors (Lipinski definition) is 3. The fourth-order valence-corrected chi connectivity index (χ4v) is 1.57. The van der Waals surface area contributed by atoms with Gasteiger partial charge in [0.2, 0.25) is 17.7 Å². The van der Waals surface area contributed by atoms with Gasteiger partial charge in [-0.15, -0.1) is 0 Å². The Bertz CT molecular complexity index is 503. The van der Waals surface area contributed by atoms with Crippen LogP contribution in [0.25, 0.3) is 0 Å². The average Bonchev–Trinajstić information content (AvgIpc) is 3.12. The summed E-state index contributed by atoms with van der Waals surface area (Å²) in [6.45, 7) is 0. The molecule has 6 heteroatoms. The summed E-state index contributed by atoms with van der Waals surface area (Å²) in [5.41, 5.74) is 10.9. The van der Waals surface area contributed by atoms with E-state index in [-0.39, 0.29) is 23.0 Å². The largest absolute Gasteiger partial charge is 0.366 e. The van der Waals surface area contributed by atoms with E-state index in [1.807, 2.05) is 0 Å². The molecule has 1 fully saturated rings. The Morgan fingerprint density at radius 3 is 1.89 bits per heavy atom. The van der Waals surface area contributed by atoms with Crippen LogP contribution in [0.2, 0.25) is 0 Å². The van der Waals surface area contributed by atoms with E-state index < -0.39 is 11.8 Å². The summed E-state index contributed by atoms with van der Waals surface area (Å²) in [4.78, 5) is 33.8. The Hall–Kier alpha value is -2.37. The second-order valence-corrected chi connectivity index (χ2v) is 4.29. The molecule has 0 atom stereocenters. The van der Waals surface area contributed by atoms with E-state index in [0.29, 0.717) is 5.69 Å². The van der Waals surface area contributed by atoms with Crippen LogP contribution < -0.4 is 16.8 Å². The monoisotopic (exact) mass is 247 g/mol. The quantitative estimate of drug-likeness (QED) is 0.707. The summed E-state index contributed by atoms with van der Waals surface area (Å²) in [6, 6.07) is 4.15. The van der Waals surface area contributed by atoms with Crippen molar-refractivity contribution in [2.45, 2.75) is 12.8 Å². The lowest BCUT2D eigenvalue weighted by Gasteiger charge is -2.07. The zero-order valence-electron chi connectivity index (χ0n) is 9.60. The van der Waals surface area contributed by atoms with Gasteiger partial charge in [-0.3, -0.25) is 14.4 Å². The van der Waals surface area contributed by atoms with Gasteiger partial charge < -0.3 is 16.8 Å². The highest BCUT2D eigenvalue weighted by Crippen LogP contribution is 2.30. The second-order valence-electron chi connectivity index (χ2n) is 4.29. The van der Waals surface area contributed by atoms with Crippen LogP contribution in [0.4, 0.5) is 5.69 Å². The molecule has 1 aliphatic rings. The first kappa shape index (κ1) is 12.1. The zero-order chi connectivity index (χ0) is 13.3. The molecule has 2 rings (SSSR count). The van der Waals surface area contributed by atoms with Crippen molar-refractivity contribution in [1.82, 2.24) is 0 Å². The molecule has 1 saturated carbocycles. The van der Waals surface area contributed by atoms with Crippen molar-refractivity contribution < 1.29 is 14.4 Å². The van der Waals surface area contributed by atoms with Crippen LogP contribution in [-0.2, 0) is 4.79 Å². The maximum absolute atomic E-state index is 11.6. The lowest BCUT2D eigenvalue weighted by molar-refractivity contribution is -0.117. The van der Waals surface area contributed by atoms with Gasteiger partial charge in [-0.25, -0.2) is 0 Å². The molecule has 0 spiro atoms. The zero-order valence-corrected chi connectivity index (χ0v) is 9.60. The van der Waals surface area contributed by atoms with Crippen molar-refractivity contribution in [3.05, 3.63) is 29.3 Å². The minimum atomic E-state index is -0.681. The Labute approximate surface area is 103 Å². The summed E-state index contributed by atoms with van der Waals surface area (Å²) in [5, 5.41) is 2.64. The van der Waals surface area contributed by atoms with Crippen LogP contribution in [0, 0.1) is 5.92 Å². The molecule has 0 heterocycles. The van der Waals surface area contributed by atoms with Gasteiger partial charge in [0.1, 0.15) is 0 Å². The SMILES string of the molecule is NC(=O)c1cc(NC(=O)C2CC2)cc(C(N)=O)c1. The number of amides is 3. The summed E-state index contributed by atoms with van der Waals surface area (Å²) >= 11 is 0. The minimum Gasteiger partial charge on any atom is -0.366 e. The number of rotatable bonds is 4. The van der Waals surface area contributed by atoms with Gasteiger partial charge in [-0.1, -0.05) is 0 Å². The molecule has 5 N–H and O–H groups in total. The third kappa shape index (κ3) is 2.65. The first-order chi connectivity index (χ1) is 8.47. The first-order valence-electron chi connectivity index (χ1n) is 5.53. The van der Waals surface area contributed by atoms with Crippen LogP contribution in [0.5, 0.6) is 0 Å². The number of carbonyl (C=O) groups excluding carboxylic acids is 3. The minimum absolute atomic E-state index is 0.0271. The predicted molar refractivity (Wildman–Crippen MR) is 64.8 cm³/mol. The maximum atomic E-state index is 11.6. The molecule has 94 valence electrons. The number of anilines is 1. The van der Waals surface area contributed by atoms with Gasteiger partial charge in [-0.2, -0.15) is 0 Å². The molecule has 0 radical (unpaired) electrons. The van der Waals surface area contributed by atoms with Crippen molar-refractivity contribution in [3.63, 3.8) is 0 Å². The molecule has 0 aromatic heterocycles. The molecule has 0 aliphatic heterocycles. The predicted octanol–water partition coefficient (Wildman–Crippen LogP) is 0.233. The topological polar surface area (TPSA) is 115 Å². The highest BCUT2D eigenvalue weighted by atomic mass is 16.2. The fourth-order valence-electron chi connectivity index (χ4n) is 1.57. The van der Waals surface area contributed by atoms with Gasteiger partial charge in [0.25, 0.3) is 0 Å². The van der Waals surface area contributed by atoms with Crippen molar-refractivity contribution in [3.8, 4) is 0 Å². The number of hydrogen-bond donors (Lipinski definition) is 3. The van der Waals surface area contributed by atoms with Crippen LogP contribution in [0.15, 0.2) is 18.2 Å². The van der Waals surface area contributed by atoms with Gasteiger partial charge in [0, 0.05) is 22.7 Å². The lowest BCUT2D eigenvalue weighted by atomic mass is 10.1. The number of nitrogens with two attached hydrogens (primary N) is 2. The van der Waals surface area contributed by atoms with Gasteiger partial charge in [-0.05, 0) is 31.0 Å². The van der Waals surface area contributed by atoms with E-state index in [4.69, 9.17) is 11.5 Å². The smallest absolute Gasteiger partial charge is 0.248 e. The molecule has 3 amide bonds. The molecule has 1 aromatic rings. The Morgan fingerprint density at radius 1 is 1.00 bits per heavy atom. The third-order valence-electron chi connectivity index (χ3n) is 2.72. The summed E-state index contributed by atoms with van der Waals surface area (Å²) in [5.74, 6) is -1.45. The van der Waals surface area contributed by atoms with Crippen molar-refractivity contribution in [2.75, 3.05) is 5.32 Å². The van der Waals surface area contributed by atoms with E-state index in [1.54, 1.807) is 0 Å². The van der Waals surface area contributed by atoms with E-state index in [9.17, 15) is 14.4 Å². The highest BCUT2D eigenvalue weighted by molar-refractivity contribution is 6.02. The second kappa shape index (κ2) is 4.48. The summed E-state index contributed by atoms with van der Waals surface area (Å²) in [7, 11) is 0. The van der Waals surface area contributed by atoms with Crippen LogP contribution in [0.3, 0.4) is 0 Å². The molecular weight excluding hydrogens is 234 g/mol. The highest BCUT2D eigenvalue weighted by Gasteiger charge is 2.29. The Balaban J connectivity index is 2.30. The van der Waals surface area contributed by atoms with Gasteiger partial charge >= 0.3 is 0 Å². The van der Waals surface area contributed by atoms with Crippen LogP contribution in [0.1, 0.15) is 33.6 Å². The lowest BCUT2D eigenvalue weighted by Crippen LogP contribution is -2.18. The van der Waals surface area contributed by atoms with E-state index in [0.717, 1.165) is 12.8 Å². The van der Waals surface area contributed by atoms with Gasteiger partial charge in [0.15, 0.2) is 0 Å². The van der Waals surface area contributed by atoms with Crippen molar-refractivity contribution >= 4 is 23.4 Å². The van der Waals surface area contributed by atoms with Crippen molar-refractivity contribution in [2.24, 2.45) is 17.4 Å². The average molecular weight is 247 g/mol. The van der Waals surface area contributed by atoms with Crippen molar-refractivity contribution in [1.29, 1.82) is 0 Å². The molecule has 18 heavy (non-hydrogen) atoms. The van der Waals surface area contributed by atoms with E-state index >= 15 is 0 Å². The molecule has 0 bridgehead atoms. The van der Waals surface area contributed by atoms with Gasteiger partial charge in [0.05, 0.1) is 0 Å².